The molecule has 2 unspecified atom stereocenters. The molecule has 1 saturated carbocycles. The van der Waals surface area contributed by atoms with Gasteiger partial charge in [-0.15, -0.1) is 0 Å². The van der Waals surface area contributed by atoms with Crippen molar-refractivity contribution in [1.29, 1.82) is 0 Å². The predicted octanol–water partition coefficient (Wildman–Crippen LogP) is 0.704. The second-order valence-electron chi connectivity index (χ2n) is 7.53. The fraction of sp³-hybridized carbons (Fsp3) is 0.500. The van der Waals surface area contributed by atoms with Crippen molar-refractivity contribution in [2.45, 2.75) is 24.9 Å². The molecule has 1 aromatic carbocycles. The van der Waals surface area contributed by atoms with Gasteiger partial charge in [0.05, 0.1) is 19.3 Å². The number of nitrogens with two attached hydrogens (primary N) is 1. The smallest absolute Gasteiger partial charge is 0.268 e. The van der Waals surface area contributed by atoms with E-state index in [1.165, 1.54) is 0 Å². The molecule has 7 nitrogen and oxygen atoms in total. The van der Waals surface area contributed by atoms with Crippen LogP contribution < -0.4 is 16.5 Å². The van der Waals surface area contributed by atoms with Gasteiger partial charge < -0.3 is 21.2 Å². The van der Waals surface area contributed by atoms with Crippen LogP contribution in [0.25, 0.3) is 0 Å². The number of hydrogen-bond donors (Lipinski definition) is 3. The normalized spacial score (nSPS) is 33.0. The maximum Gasteiger partial charge on any atom is 0.268 e. The fourth-order valence-corrected chi connectivity index (χ4v) is 4.88. The summed E-state index contributed by atoms with van der Waals surface area (Å²) in [7, 11) is 1.58. The first kappa shape index (κ1) is 18.0. The van der Waals surface area contributed by atoms with E-state index in [2.05, 4.69) is 17.7 Å². The molecule has 4 rings (SSSR count). The third-order valence-corrected chi connectivity index (χ3v) is 6.21. The standard InChI is InChI=1S/C20H26N4O3/c1-3-16(12-7-5-4-6-8-12)24-20(19(21)26,9-15(23-24)18(25)22-2)17-13-10-27-11-14(13)17/h4-9,13-14,16-17,23H,3,10-11H2,1-2H3,(H2,21,26)(H,22,25)/t13-,14+,16-,17?,20?/m0/s1. The monoisotopic (exact) mass is 370 g/mol. The number of likely N-dealkylation sites (N-methyl/N-ethyl adjacent to an activating group) is 1. The molecule has 3 aliphatic rings. The minimum atomic E-state index is -1.04. The summed E-state index contributed by atoms with van der Waals surface area (Å²) < 4.78 is 5.53. The van der Waals surface area contributed by atoms with Gasteiger partial charge in [-0.2, -0.15) is 5.01 Å². The number of primary amides is 1. The van der Waals surface area contributed by atoms with Crippen LogP contribution in [-0.2, 0) is 14.3 Å². The Morgan fingerprint density at radius 2 is 2.00 bits per heavy atom. The first-order valence-electron chi connectivity index (χ1n) is 9.48. The number of carbonyl (C=O) groups excluding carboxylic acids is 2. The highest BCUT2D eigenvalue weighted by atomic mass is 16.5. The van der Waals surface area contributed by atoms with Gasteiger partial charge in [-0.3, -0.25) is 9.59 Å². The first-order chi connectivity index (χ1) is 13.0. The molecular formula is C20H26N4O3. The Bertz CT molecular complexity index is 771. The van der Waals surface area contributed by atoms with Crippen molar-refractivity contribution >= 4 is 11.8 Å². The topological polar surface area (TPSA) is 96.7 Å². The Balaban J connectivity index is 1.79. The van der Waals surface area contributed by atoms with Crippen molar-refractivity contribution in [2.75, 3.05) is 20.3 Å². The van der Waals surface area contributed by atoms with Crippen LogP contribution in [0.2, 0.25) is 0 Å². The third kappa shape index (κ3) is 2.64. The number of ether oxygens (including phenoxy) is 1. The lowest BCUT2D eigenvalue weighted by Gasteiger charge is -2.41. The van der Waals surface area contributed by atoms with Crippen molar-refractivity contribution in [3.63, 3.8) is 0 Å². The zero-order chi connectivity index (χ0) is 19.2. The minimum Gasteiger partial charge on any atom is -0.381 e. The van der Waals surface area contributed by atoms with Crippen molar-refractivity contribution in [3.05, 3.63) is 47.7 Å². The molecule has 144 valence electrons. The van der Waals surface area contributed by atoms with Crippen molar-refractivity contribution in [3.8, 4) is 0 Å². The van der Waals surface area contributed by atoms with Crippen LogP contribution in [-0.4, -0.2) is 42.6 Å². The quantitative estimate of drug-likeness (QED) is 0.685. The number of hydrogen-bond acceptors (Lipinski definition) is 5. The molecule has 2 amide bonds. The zero-order valence-electron chi connectivity index (χ0n) is 15.6. The molecule has 1 aromatic rings. The van der Waals surface area contributed by atoms with Crippen LogP contribution in [0.3, 0.4) is 0 Å². The highest BCUT2D eigenvalue weighted by Crippen LogP contribution is 2.60. The van der Waals surface area contributed by atoms with Gasteiger partial charge in [0.25, 0.3) is 5.91 Å². The summed E-state index contributed by atoms with van der Waals surface area (Å²) in [6.07, 6.45) is 2.50. The van der Waals surface area contributed by atoms with Crippen LogP contribution in [0.15, 0.2) is 42.1 Å². The maximum atomic E-state index is 12.9. The largest absolute Gasteiger partial charge is 0.381 e. The summed E-state index contributed by atoms with van der Waals surface area (Å²) in [4.78, 5) is 25.2. The van der Waals surface area contributed by atoms with E-state index < -0.39 is 11.4 Å². The van der Waals surface area contributed by atoms with Gasteiger partial charge in [0.1, 0.15) is 11.2 Å². The van der Waals surface area contributed by atoms with Gasteiger partial charge in [-0.05, 0) is 29.9 Å². The Labute approximate surface area is 158 Å². The van der Waals surface area contributed by atoms with E-state index in [0.29, 0.717) is 30.7 Å². The number of nitrogens with one attached hydrogen (secondary N) is 2. The summed E-state index contributed by atoms with van der Waals surface area (Å²) in [5.74, 6) is -0.0299. The molecule has 2 fully saturated rings. The molecule has 5 atom stereocenters. The molecule has 7 heteroatoms. The van der Waals surface area contributed by atoms with Gasteiger partial charge in [0.15, 0.2) is 0 Å². The molecule has 1 saturated heterocycles. The van der Waals surface area contributed by atoms with E-state index in [1.807, 2.05) is 35.3 Å². The number of rotatable bonds is 6. The molecule has 2 heterocycles. The molecule has 0 spiro atoms. The van der Waals surface area contributed by atoms with Gasteiger partial charge in [-0.1, -0.05) is 37.3 Å². The summed E-state index contributed by atoms with van der Waals surface area (Å²) in [5, 5.41) is 4.55. The predicted molar refractivity (Wildman–Crippen MR) is 99.8 cm³/mol. The van der Waals surface area contributed by atoms with Crippen LogP contribution in [0.5, 0.6) is 0 Å². The SMILES string of the molecule is CC[C@@H](c1ccccc1)N1NC(C(=O)NC)=CC1(C(N)=O)C1[C@H]2COC[C@@H]12. The average Bonchev–Trinajstić information content (AvgIpc) is 3.03. The van der Waals surface area contributed by atoms with E-state index in [1.54, 1.807) is 13.1 Å². The summed E-state index contributed by atoms with van der Waals surface area (Å²) in [5.41, 5.74) is 9.62. The second kappa shape index (κ2) is 6.65. The number of benzene rings is 1. The number of carbonyl (C=O) groups is 2. The number of nitrogens with zero attached hydrogens (tertiary/aromatic N) is 1. The summed E-state index contributed by atoms with van der Waals surface area (Å²) >= 11 is 0. The molecule has 0 radical (unpaired) electrons. The fourth-order valence-electron chi connectivity index (χ4n) is 4.88. The summed E-state index contributed by atoms with van der Waals surface area (Å²) in [6.45, 7) is 3.35. The first-order valence-corrected chi connectivity index (χ1v) is 9.48. The average molecular weight is 370 g/mol. The minimum absolute atomic E-state index is 0.0520. The van der Waals surface area contributed by atoms with Crippen LogP contribution in [0, 0.1) is 17.8 Å². The van der Waals surface area contributed by atoms with Gasteiger partial charge in [0, 0.05) is 13.0 Å². The van der Waals surface area contributed by atoms with Crippen LogP contribution in [0.1, 0.15) is 24.9 Å². The number of fused-ring (bicyclic) bond motifs is 1. The van der Waals surface area contributed by atoms with E-state index in [4.69, 9.17) is 10.5 Å². The van der Waals surface area contributed by atoms with Crippen molar-refractivity contribution < 1.29 is 14.3 Å². The second-order valence-corrected chi connectivity index (χ2v) is 7.53. The summed E-state index contributed by atoms with van der Waals surface area (Å²) in [6, 6.07) is 9.90. The Morgan fingerprint density at radius 3 is 2.56 bits per heavy atom. The van der Waals surface area contributed by atoms with Gasteiger partial charge >= 0.3 is 0 Å². The molecule has 0 aromatic heterocycles. The van der Waals surface area contributed by atoms with Crippen molar-refractivity contribution in [2.24, 2.45) is 23.5 Å². The third-order valence-electron chi connectivity index (χ3n) is 6.21. The van der Waals surface area contributed by atoms with Crippen LogP contribution >= 0.6 is 0 Å². The highest BCUT2D eigenvalue weighted by molar-refractivity contribution is 5.97. The van der Waals surface area contributed by atoms with E-state index in [9.17, 15) is 9.59 Å². The molecular weight excluding hydrogens is 344 g/mol. The lowest BCUT2D eigenvalue weighted by molar-refractivity contribution is -0.133. The number of amides is 2. The molecule has 0 bridgehead atoms. The Hall–Kier alpha value is -2.38. The molecule has 2 aliphatic heterocycles. The highest BCUT2D eigenvalue weighted by Gasteiger charge is 2.69. The van der Waals surface area contributed by atoms with E-state index >= 15 is 0 Å². The molecule has 27 heavy (non-hydrogen) atoms. The molecule has 4 N–H and O–H groups in total. The number of hydrazine groups is 1. The zero-order valence-corrected chi connectivity index (χ0v) is 15.6. The van der Waals surface area contributed by atoms with E-state index in [0.717, 1.165) is 12.0 Å². The lowest BCUT2D eigenvalue weighted by Crippen LogP contribution is -2.60. The van der Waals surface area contributed by atoms with Gasteiger partial charge in [-0.25, -0.2) is 0 Å². The maximum absolute atomic E-state index is 12.9. The van der Waals surface area contributed by atoms with Crippen molar-refractivity contribution in [1.82, 2.24) is 15.8 Å². The Kier molecular flexibility index (Phi) is 4.44. The Morgan fingerprint density at radius 1 is 1.33 bits per heavy atom. The van der Waals surface area contributed by atoms with E-state index in [-0.39, 0.29) is 17.9 Å². The van der Waals surface area contributed by atoms with Gasteiger partial charge in [0.2, 0.25) is 5.91 Å². The van der Waals surface area contributed by atoms with Crippen LogP contribution in [0.4, 0.5) is 0 Å². The molecule has 1 aliphatic carbocycles. The lowest BCUT2D eigenvalue weighted by atomic mass is 9.86.